The van der Waals surface area contributed by atoms with Crippen LogP contribution in [-0.2, 0) is 14.3 Å². The van der Waals surface area contributed by atoms with E-state index in [4.69, 9.17) is 4.74 Å². The maximum absolute atomic E-state index is 11.6. The van der Waals surface area contributed by atoms with Gasteiger partial charge in [-0.15, -0.1) is 0 Å². The van der Waals surface area contributed by atoms with Gasteiger partial charge in [0.15, 0.2) is 0 Å². The Hall–Kier alpha value is -1.06. The number of carbonyl (C=O) groups excluding carboxylic acids is 2. The average molecular weight is 243 g/mol. The summed E-state index contributed by atoms with van der Waals surface area (Å²) in [5.74, 6) is -0.410. The van der Waals surface area contributed by atoms with Gasteiger partial charge in [0.1, 0.15) is 5.60 Å². The van der Waals surface area contributed by atoms with Crippen molar-refractivity contribution in [1.29, 1.82) is 0 Å². The maximum atomic E-state index is 11.6. The lowest BCUT2D eigenvalue weighted by Crippen LogP contribution is -2.32. The molecule has 0 aromatic rings. The molecule has 0 saturated heterocycles. The van der Waals surface area contributed by atoms with Gasteiger partial charge in [0.2, 0.25) is 5.91 Å². The molecule has 0 unspecified atom stereocenters. The fraction of sp³-hybridized carbons (Fsp3) is 0.846. The molecule has 0 saturated carbocycles. The molecular formula is C13H25NO3. The molecule has 17 heavy (non-hydrogen) atoms. The van der Waals surface area contributed by atoms with Gasteiger partial charge in [-0.05, 0) is 19.8 Å². The molecule has 0 bridgehead atoms. The molecule has 1 amide bonds. The highest BCUT2D eigenvalue weighted by atomic mass is 16.6. The number of ether oxygens (including phenoxy) is 1. The van der Waals surface area contributed by atoms with Gasteiger partial charge in [0.05, 0.1) is 6.42 Å². The van der Waals surface area contributed by atoms with Crippen molar-refractivity contribution in [2.24, 2.45) is 0 Å². The van der Waals surface area contributed by atoms with Crippen molar-refractivity contribution in [3.8, 4) is 0 Å². The molecule has 0 spiro atoms. The molecule has 0 aromatic carbocycles. The summed E-state index contributed by atoms with van der Waals surface area (Å²) in [6, 6.07) is 0. The standard InChI is InChI=1S/C13H25NO3/c1-5-9-13(3,10-6-2)17-12(16)8-7-11(15)14-4/h5-10H2,1-4H3,(H,14,15). The topological polar surface area (TPSA) is 55.4 Å². The van der Waals surface area contributed by atoms with Gasteiger partial charge in [-0.2, -0.15) is 0 Å². The Morgan fingerprint density at radius 1 is 1.12 bits per heavy atom. The van der Waals surface area contributed by atoms with E-state index in [9.17, 15) is 9.59 Å². The van der Waals surface area contributed by atoms with Crippen LogP contribution in [0.25, 0.3) is 0 Å². The van der Waals surface area contributed by atoms with Crippen LogP contribution < -0.4 is 5.32 Å². The zero-order valence-corrected chi connectivity index (χ0v) is 11.5. The number of nitrogens with one attached hydrogen (secondary N) is 1. The first-order chi connectivity index (χ1) is 7.97. The summed E-state index contributed by atoms with van der Waals surface area (Å²) in [7, 11) is 1.56. The lowest BCUT2D eigenvalue weighted by molar-refractivity contribution is -0.160. The molecule has 0 aliphatic carbocycles. The largest absolute Gasteiger partial charge is 0.459 e. The van der Waals surface area contributed by atoms with Crippen LogP contribution in [0.4, 0.5) is 0 Å². The highest BCUT2D eigenvalue weighted by molar-refractivity contribution is 5.81. The van der Waals surface area contributed by atoms with Gasteiger partial charge in [-0.25, -0.2) is 0 Å². The second kappa shape index (κ2) is 8.09. The van der Waals surface area contributed by atoms with Crippen LogP contribution in [0.3, 0.4) is 0 Å². The zero-order valence-electron chi connectivity index (χ0n) is 11.5. The Kier molecular flexibility index (Phi) is 7.59. The number of amides is 1. The van der Waals surface area contributed by atoms with Crippen LogP contribution in [0.1, 0.15) is 59.3 Å². The molecule has 100 valence electrons. The van der Waals surface area contributed by atoms with Crippen LogP contribution in [-0.4, -0.2) is 24.5 Å². The molecule has 1 N–H and O–H groups in total. The van der Waals surface area contributed by atoms with Crippen LogP contribution >= 0.6 is 0 Å². The Labute approximate surface area is 104 Å². The molecule has 0 aromatic heterocycles. The Morgan fingerprint density at radius 3 is 2.06 bits per heavy atom. The van der Waals surface area contributed by atoms with Crippen molar-refractivity contribution in [2.45, 2.75) is 64.9 Å². The highest BCUT2D eigenvalue weighted by Crippen LogP contribution is 2.24. The third-order valence-corrected chi connectivity index (χ3v) is 2.75. The molecule has 0 aliphatic rings. The van der Waals surface area contributed by atoms with Crippen molar-refractivity contribution in [1.82, 2.24) is 5.32 Å². The van der Waals surface area contributed by atoms with Crippen LogP contribution in [0.15, 0.2) is 0 Å². The molecule has 0 atom stereocenters. The first kappa shape index (κ1) is 15.9. The van der Waals surface area contributed by atoms with Gasteiger partial charge in [0.25, 0.3) is 0 Å². The van der Waals surface area contributed by atoms with E-state index < -0.39 is 0 Å². The van der Waals surface area contributed by atoms with Gasteiger partial charge < -0.3 is 10.1 Å². The third-order valence-electron chi connectivity index (χ3n) is 2.75. The van der Waals surface area contributed by atoms with Crippen LogP contribution in [0.2, 0.25) is 0 Å². The monoisotopic (exact) mass is 243 g/mol. The third kappa shape index (κ3) is 6.97. The molecule has 0 aliphatic heterocycles. The van der Waals surface area contributed by atoms with E-state index in [0.717, 1.165) is 25.7 Å². The van der Waals surface area contributed by atoms with E-state index in [2.05, 4.69) is 19.2 Å². The molecule has 0 rings (SSSR count). The summed E-state index contributed by atoms with van der Waals surface area (Å²) in [5.41, 5.74) is -0.372. The average Bonchev–Trinajstić information content (AvgIpc) is 2.26. The zero-order chi connectivity index (χ0) is 13.3. The van der Waals surface area contributed by atoms with Crippen molar-refractivity contribution in [2.75, 3.05) is 7.05 Å². The van der Waals surface area contributed by atoms with Gasteiger partial charge >= 0.3 is 5.97 Å². The van der Waals surface area contributed by atoms with E-state index in [1.165, 1.54) is 0 Å². The van der Waals surface area contributed by atoms with Crippen LogP contribution in [0.5, 0.6) is 0 Å². The first-order valence-corrected chi connectivity index (χ1v) is 6.39. The van der Waals surface area contributed by atoms with Crippen molar-refractivity contribution in [3.63, 3.8) is 0 Å². The summed E-state index contributed by atoms with van der Waals surface area (Å²) < 4.78 is 5.49. The van der Waals surface area contributed by atoms with E-state index in [-0.39, 0.29) is 30.3 Å². The minimum atomic E-state index is -0.372. The van der Waals surface area contributed by atoms with Crippen molar-refractivity contribution < 1.29 is 14.3 Å². The van der Waals surface area contributed by atoms with Crippen LogP contribution in [0, 0.1) is 0 Å². The van der Waals surface area contributed by atoms with Crippen molar-refractivity contribution in [3.05, 3.63) is 0 Å². The predicted molar refractivity (Wildman–Crippen MR) is 67.6 cm³/mol. The molecule has 4 heteroatoms. The lowest BCUT2D eigenvalue weighted by Gasteiger charge is -2.29. The summed E-state index contributed by atoms with van der Waals surface area (Å²) in [6.45, 7) is 6.12. The summed E-state index contributed by atoms with van der Waals surface area (Å²) in [5, 5.41) is 2.49. The molecular weight excluding hydrogens is 218 g/mol. The second-order valence-corrected chi connectivity index (χ2v) is 4.60. The van der Waals surface area contributed by atoms with E-state index >= 15 is 0 Å². The first-order valence-electron chi connectivity index (χ1n) is 6.39. The highest BCUT2D eigenvalue weighted by Gasteiger charge is 2.26. The predicted octanol–water partition coefficient (Wildman–Crippen LogP) is 2.41. The quantitative estimate of drug-likeness (QED) is 0.666. The molecule has 0 fully saturated rings. The van der Waals surface area contributed by atoms with Gasteiger partial charge in [-0.3, -0.25) is 9.59 Å². The minimum Gasteiger partial charge on any atom is -0.459 e. The van der Waals surface area contributed by atoms with E-state index in [1.54, 1.807) is 7.05 Å². The van der Waals surface area contributed by atoms with Gasteiger partial charge in [0, 0.05) is 13.5 Å². The molecule has 0 heterocycles. The van der Waals surface area contributed by atoms with Crippen molar-refractivity contribution >= 4 is 11.9 Å². The number of rotatable bonds is 8. The Balaban J connectivity index is 4.16. The van der Waals surface area contributed by atoms with E-state index in [0.29, 0.717) is 0 Å². The fourth-order valence-corrected chi connectivity index (χ4v) is 1.95. The number of carbonyl (C=O) groups is 2. The smallest absolute Gasteiger partial charge is 0.306 e. The lowest BCUT2D eigenvalue weighted by atomic mass is 9.95. The number of hydrogen-bond acceptors (Lipinski definition) is 3. The molecule has 0 radical (unpaired) electrons. The summed E-state index contributed by atoms with van der Waals surface area (Å²) in [6.07, 6.45) is 4.06. The van der Waals surface area contributed by atoms with Gasteiger partial charge in [-0.1, -0.05) is 26.7 Å². The SMILES string of the molecule is CCCC(C)(CCC)OC(=O)CCC(=O)NC. The number of esters is 1. The molecule has 4 nitrogen and oxygen atoms in total. The second-order valence-electron chi connectivity index (χ2n) is 4.60. The summed E-state index contributed by atoms with van der Waals surface area (Å²) >= 11 is 0. The Bertz CT molecular complexity index is 245. The minimum absolute atomic E-state index is 0.130. The normalized spacial score (nSPS) is 11.1. The number of hydrogen-bond donors (Lipinski definition) is 1. The maximum Gasteiger partial charge on any atom is 0.306 e. The van der Waals surface area contributed by atoms with E-state index in [1.807, 2.05) is 6.92 Å². The summed E-state index contributed by atoms with van der Waals surface area (Å²) in [4.78, 5) is 22.6. The Morgan fingerprint density at radius 2 is 1.65 bits per heavy atom. The fourth-order valence-electron chi connectivity index (χ4n) is 1.95.